The Bertz CT molecular complexity index is 797. The minimum absolute atomic E-state index is 0.135. The number of likely N-dealkylation sites (tertiary alicyclic amines) is 1. The van der Waals surface area contributed by atoms with Gasteiger partial charge in [0, 0.05) is 17.9 Å². The SMILES string of the molecule is Cc1ccc(NC(=O)N2CCC[C@H]2C(=O)Nc2ccc(C(C)C)cc2)cc1. The van der Waals surface area contributed by atoms with Crippen LogP contribution in [0.4, 0.5) is 16.2 Å². The molecule has 0 aromatic heterocycles. The zero-order chi connectivity index (χ0) is 19.4. The summed E-state index contributed by atoms with van der Waals surface area (Å²) in [6, 6.07) is 14.8. The maximum Gasteiger partial charge on any atom is 0.322 e. The molecule has 2 aromatic rings. The van der Waals surface area contributed by atoms with Crippen LogP contribution in [0.1, 0.15) is 43.7 Å². The number of carbonyl (C=O) groups is 2. The maximum absolute atomic E-state index is 12.7. The lowest BCUT2D eigenvalue weighted by Crippen LogP contribution is -2.45. The molecule has 0 saturated carbocycles. The van der Waals surface area contributed by atoms with Crippen molar-refractivity contribution in [1.29, 1.82) is 0 Å². The highest BCUT2D eigenvalue weighted by Crippen LogP contribution is 2.22. The normalized spacial score (nSPS) is 16.4. The number of hydrogen-bond acceptors (Lipinski definition) is 2. The van der Waals surface area contributed by atoms with Crippen molar-refractivity contribution in [2.45, 2.75) is 45.6 Å². The maximum atomic E-state index is 12.7. The van der Waals surface area contributed by atoms with E-state index in [2.05, 4.69) is 24.5 Å². The number of rotatable bonds is 4. The fourth-order valence-corrected chi connectivity index (χ4v) is 3.29. The molecule has 0 unspecified atom stereocenters. The fraction of sp³-hybridized carbons (Fsp3) is 0.364. The van der Waals surface area contributed by atoms with E-state index in [1.54, 1.807) is 4.90 Å². The van der Waals surface area contributed by atoms with E-state index in [-0.39, 0.29) is 11.9 Å². The van der Waals surface area contributed by atoms with Gasteiger partial charge in [0.2, 0.25) is 5.91 Å². The van der Waals surface area contributed by atoms with Crippen molar-refractivity contribution in [2.75, 3.05) is 17.2 Å². The molecular weight excluding hydrogens is 338 g/mol. The third kappa shape index (κ3) is 4.67. The largest absolute Gasteiger partial charge is 0.324 e. The topological polar surface area (TPSA) is 61.4 Å². The van der Waals surface area contributed by atoms with Gasteiger partial charge in [0.15, 0.2) is 0 Å². The summed E-state index contributed by atoms with van der Waals surface area (Å²) in [4.78, 5) is 27.0. The lowest BCUT2D eigenvalue weighted by molar-refractivity contribution is -0.119. The van der Waals surface area contributed by atoms with Crippen LogP contribution in [0.5, 0.6) is 0 Å². The number of aryl methyl sites for hydroxylation is 1. The minimum Gasteiger partial charge on any atom is -0.324 e. The van der Waals surface area contributed by atoms with E-state index >= 15 is 0 Å². The van der Waals surface area contributed by atoms with E-state index in [1.807, 2.05) is 55.5 Å². The van der Waals surface area contributed by atoms with Crippen LogP contribution in [0, 0.1) is 6.92 Å². The van der Waals surface area contributed by atoms with Crippen LogP contribution in [0.3, 0.4) is 0 Å². The molecule has 3 rings (SSSR count). The fourth-order valence-electron chi connectivity index (χ4n) is 3.29. The number of carbonyl (C=O) groups excluding carboxylic acids is 2. The van der Waals surface area contributed by atoms with E-state index in [9.17, 15) is 9.59 Å². The van der Waals surface area contributed by atoms with Crippen LogP contribution >= 0.6 is 0 Å². The molecule has 3 amide bonds. The Morgan fingerprint density at radius 3 is 2.19 bits per heavy atom. The van der Waals surface area contributed by atoms with Gasteiger partial charge in [-0.2, -0.15) is 0 Å². The van der Waals surface area contributed by atoms with Gasteiger partial charge < -0.3 is 15.5 Å². The van der Waals surface area contributed by atoms with E-state index in [1.165, 1.54) is 5.56 Å². The predicted octanol–water partition coefficient (Wildman–Crippen LogP) is 4.75. The summed E-state index contributed by atoms with van der Waals surface area (Å²) in [6.07, 6.45) is 1.50. The molecule has 1 aliphatic heterocycles. The number of nitrogens with one attached hydrogen (secondary N) is 2. The third-order valence-corrected chi connectivity index (χ3v) is 4.96. The van der Waals surface area contributed by atoms with Crippen molar-refractivity contribution in [3.63, 3.8) is 0 Å². The molecule has 5 nitrogen and oxygen atoms in total. The molecule has 27 heavy (non-hydrogen) atoms. The van der Waals surface area contributed by atoms with Crippen molar-refractivity contribution >= 4 is 23.3 Å². The number of urea groups is 1. The predicted molar refractivity (Wildman–Crippen MR) is 109 cm³/mol. The Hall–Kier alpha value is -2.82. The Morgan fingerprint density at radius 1 is 0.963 bits per heavy atom. The van der Waals surface area contributed by atoms with Gasteiger partial charge in [0.1, 0.15) is 6.04 Å². The van der Waals surface area contributed by atoms with Crippen molar-refractivity contribution in [3.05, 3.63) is 59.7 Å². The molecule has 2 aromatic carbocycles. The summed E-state index contributed by atoms with van der Waals surface area (Å²) in [5, 5.41) is 5.83. The number of hydrogen-bond donors (Lipinski definition) is 2. The van der Waals surface area contributed by atoms with Gasteiger partial charge in [-0.3, -0.25) is 4.79 Å². The molecule has 142 valence electrons. The molecule has 1 atom stereocenters. The molecule has 0 bridgehead atoms. The molecule has 0 radical (unpaired) electrons. The van der Waals surface area contributed by atoms with E-state index in [0.29, 0.717) is 18.9 Å². The van der Waals surface area contributed by atoms with E-state index < -0.39 is 6.04 Å². The summed E-state index contributed by atoms with van der Waals surface area (Å²) < 4.78 is 0. The Labute approximate surface area is 160 Å². The minimum atomic E-state index is -0.444. The summed E-state index contributed by atoms with van der Waals surface area (Å²) >= 11 is 0. The molecule has 5 heteroatoms. The monoisotopic (exact) mass is 365 g/mol. The molecule has 1 saturated heterocycles. The second kappa shape index (κ2) is 8.25. The highest BCUT2D eigenvalue weighted by Gasteiger charge is 2.34. The Balaban J connectivity index is 1.63. The Morgan fingerprint density at radius 2 is 1.56 bits per heavy atom. The molecule has 0 spiro atoms. The molecule has 1 aliphatic rings. The highest BCUT2D eigenvalue weighted by molar-refractivity contribution is 5.99. The third-order valence-electron chi connectivity index (χ3n) is 4.96. The molecule has 1 heterocycles. The number of anilines is 2. The first-order valence-electron chi connectivity index (χ1n) is 9.49. The lowest BCUT2D eigenvalue weighted by Gasteiger charge is -2.24. The van der Waals surface area contributed by atoms with Crippen LogP contribution in [0.15, 0.2) is 48.5 Å². The summed E-state index contributed by atoms with van der Waals surface area (Å²) in [5.41, 5.74) is 3.86. The quantitative estimate of drug-likeness (QED) is 0.821. The van der Waals surface area contributed by atoms with Crippen LogP contribution in [0.25, 0.3) is 0 Å². The van der Waals surface area contributed by atoms with Crippen molar-refractivity contribution in [2.24, 2.45) is 0 Å². The number of nitrogens with zero attached hydrogens (tertiary/aromatic N) is 1. The van der Waals surface area contributed by atoms with Gasteiger partial charge in [0.25, 0.3) is 0 Å². The van der Waals surface area contributed by atoms with E-state index in [0.717, 1.165) is 23.4 Å². The van der Waals surface area contributed by atoms with Crippen LogP contribution in [-0.2, 0) is 4.79 Å². The number of amides is 3. The average molecular weight is 365 g/mol. The zero-order valence-corrected chi connectivity index (χ0v) is 16.2. The summed E-state index contributed by atoms with van der Waals surface area (Å²) in [5.74, 6) is 0.314. The number of benzene rings is 2. The van der Waals surface area contributed by atoms with Crippen LogP contribution in [-0.4, -0.2) is 29.4 Å². The second-order valence-electron chi connectivity index (χ2n) is 7.41. The summed E-state index contributed by atoms with van der Waals surface area (Å²) in [6.45, 7) is 6.86. The first kappa shape index (κ1) is 19.0. The van der Waals surface area contributed by atoms with Gasteiger partial charge >= 0.3 is 6.03 Å². The van der Waals surface area contributed by atoms with Crippen molar-refractivity contribution in [3.8, 4) is 0 Å². The van der Waals surface area contributed by atoms with Gasteiger partial charge in [-0.1, -0.05) is 43.7 Å². The first-order valence-corrected chi connectivity index (χ1v) is 9.49. The molecule has 2 N–H and O–H groups in total. The highest BCUT2D eigenvalue weighted by atomic mass is 16.2. The van der Waals surface area contributed by atoms with Gasteiger partial charge in [0.05, 0.1) is 0 Å². The van der Waals surface area contributed by atoms with Gasteiger partial charge in [-0.25, -0.2) is 4.79 Å². The first-order chi connectivity index (χ1) is 12.9. The zero-order valence-electron chi connectivity index (χ0n) is 16.2. The van der Waals surface area contributed by atoms with Gasteiger partial charge in [-0.15, -0.1) is 0 Å². The van der Waals surface area contributed by atoms with Crippen molar-refractivity contribution < 1.29 is 9.59 Å². The average Bonchev–Trinajstić information content (AvgIpc) is 3.14. The van der Waals surface area contributed by atoms with Gasteiger partial charge in [-0.05, 0) is 55.5 Å². The Kier molecular flexibility index (Phi) is 5.79. The van der Waals surface area contributed by atoms with Crippen LogP contribution < -0.4 is 10.6 Å². The van der Waals surface area contributed by atoms with Crippen molar-refractivity contribution in [1.82, 2.24) is 4.90 Å². The van der Waals surface area contributed by atoms with Crippen LogP contribution in [0.2, 0.25) is 0 Å². The lowest BCUT2D eigenvalue weighted by atomic mass is 10.0. The molecular formula is C22H27N3O2. The van der Waals surface area contributed by atoms with E-state index in [4.69, 9.17) is 0 Å². The summed E-state index contributed by atoms with van der Waals surface area (Å²) in [7, 11) is 0. The smallest absolute Gasteiger partial charge is 0.322 e. The molecule has 1 fully saturated rings. The molecule has 0 aliphatic carbocycles. The second-order valence-corrected chi connectivity index (χ2v) is 7.41. The standard InChI is InChI=1S/C22H27N3O2/c1-15(2)17-8-12-18(13-9-17)23-21(26)20-5-4-14-25(20)22(27)24-19-10-6-16(3)7-11-19/h6-13,15,20H,4-5,14H2,1-3H3,(H,23,26)(H,24,27)/t20-/m0/s1.